The fourth-order valence-electron chi connectivity index (χ4n) is 7.06. The second kappa shape index (κ2) is 15.1. The normalized spacial score (nSPS) is 20.0. The third-order valence-electron chi connectivity index (χ3n) is 9.42. The Morgan fingerprint density at radius 1 is 0.898 bits per heavy atom. The number of para-hydroxylation sites is 2. The van der Waals surface area contributed by atoms with E-state index in [-0.39, 0.29) is 36.3 Å². The number of amides is 2. The fourth-order valence-corrected chi connectivity index (χ4v) is 7.06. The van der Waals surface area contributed by atoms with E-state index in [1.165, 1.54) is 18.2 Å². The number of ether oxygens (including phenoxy) is 1. The Morgan fingerprint density at radius 3 is 2.29 bits per heavy atom. The highest BCUT2D eigenvalue weighted by atomic mass is 16.5. The highest BCUT2D eigenvalue weighted by Gasteiger charge is 2.55. The number of carbonyl (C=O) groups excluding carboxylic acids is 2. The van der Waals surface area contributed by atoms with Gasteiger partial charge in [0, 0.05) is 11.5 Å². The summed E-state index contributed by atoms with van der Waals surface area (Å²) in [7, 11) is -1.79. The first-order valence-corrected chi connectivity index (χ1v) is 16.3. The molecule has 2 aliphatic rings. The van der Waals surface area contributed by atoms with Gasteiger partial charge in [0.25, 0.3) is 0 Å². The summed E-state index contributed by atoms with van der Waals surface area (Å²) in [5, 5.41) is 52.7. The molecule has 1 aliphatic heterocycles. The van der Waals surface area contributed by atoms with Crippen molar-refractivity contribution in [3.8, 4) is 11.5 Å². The fraction of sp³-hybridized carbons (Fsp3) is 0.231. The summed E-state index contributed by atoms with van der Waals surface area (Å²) in [5.74, 6) is -2.85. The van der Waals surface area contributed by atoms with Crippen molar-refractivity contribution in [3.63, 3.8) is 0 Å². The first-order valence-electron chi connectivity index (χ1n) is 16.3. The minimum Gasteiger partial charge on any atom is -0.507 e. The number of aromatic hydroxyl groups is 1. The quantitative estimate of drug-likeness (QED) is 0.0665. The molecule has 4 atom stereocenters. The standard InChI is InChI=1S/C39H38BNO8/c42-23-33-36(35(44)19-18-26(25-10-3-1-4-11-25)20-27-12-7-8-17-34(27)43)28(24-49-31-15-5-2-6-16-31)21-32-37(33)39(46)41(38(32)45)30-14-9-13-29(22-30)40(47)48/h1-17,20,22,32-33,35,37,42-44,47-48H,18-19,21,23-24H2/b26-20-/t32-,33+,35-,37-/m1/s1. The van der Waals surface area contributed by atoms with Gasteiger partial charge >= 0.3 is 7.12 Å². The van der Waals surface area contributed by atoms with Crippen molar-refractivity contribution in [2.75, 3.05) is 18.1 Å². The van der Waals surface area contributed by atoms with Gasteiger partial charge in [-0.05, 0) is 83.4 Å². The van der Waals surface area contributed by atoms with Crippen molar-refractivity contribution in [3.05, 3.63) is 131 Å². The molecule has 0 saturated carbocycles. The van der Waals surface area contributed by atoms with Crippen LogP contribution in [0.4, 0.5) is 5.69 Å². The predicted molar refractivity (Wildman–Crippen MR) is 188 cm³/mol. The Hall–Kier alpha value is -5.00. The zero-order valence-electron chi connectivity index (χ0n) is 26.8. The minimum atomic E-state index is -1.79. The molecule has 5 N–H and O–H groups in total. The second-order valence-electron chi connectivity index (χ2n) is 12.4. The molecule has 49 heavy (non-hydrogen) atoms. The Bertz CT molecular complexity index is 1860. The lowest BCUT2D eigenvalue weighted by molar-refractivity contribution is -0.123. The van der Waals surface area contributed by atoms with Crippen LogP contribution in [0.25, 0.3) is 11.6 Å². The maximum Gasteiger partial charge on any atom is 0.488 e. The van der Waals surface area contributed by atoms with E-state index in [0.29, 0.717) is 28.9 Å². The van der Waals surface area contributed by atoms with E-state index in [9.17, 15) is 35.0 Å². The predicted octanol–water partition coefficient (Wildman–Crippen LogP) is 3.95. The van der Waals surface area contributed by atoms with Crippen LogP contribution in [0.5, 0.6) is 11.5 Å². The molecule has 4 aromatic carbocycles. The van der Waals surface area contributed by atoms with Gasteiger partial charge in [-0.3, -0.25) is 14.5 Å². The second-order valence-corrected chi connectivity index (χ2v) is 12.4. The van der Waals surface area contributed by atoms with Gasteiger partial charge in [0.2, 0.25) is 11.8 Å². The monoisotopic (exact) mass is 659 g/mol. The lowest BCUT2D eigenvalue weighted by Gasteiger charge is -2.36. The summed E-state index contributed by atoms with van der Waals surface area (Å²) >= 11 is 0. The molecular formula is C39H38BNO8. The number of carbonyl (C=O) groups is 2. The molecular weight excluding hydrogens is 621 g/mol. The first kappa shape index (κ1) is 33.9. The molecule has 6 rings (SSSR count). The average molecular weight is 660 g/mol. The number of imide groups is 1. The van der Waals surface area contributed by atoms with Gasteiger partial charge in [-0.15, -0.1) is 0 Å². The topological polar surface area (TPSA) is 148 Å². The van der Waals surface area contributed by atoms with E-state index in [1.54, 1.807) is 30.3 Å². The maximum atomic E-state index is 14.0. The molecule has 0 bridgehead atoms. The zero-order chi connectivity index (χ0) is 34.5. The van der Waals surface area contributed by atoms with Gasteiger partial charge < -0.3 is 30.1 Å². The van der Waals surface area contributed by atoms with Crippen molar-refractivity contribution in [2.45, 2.75) is 25.4 Å². The van der Waals surface area contributed by atoms with Crippen LogP contribution in [0.15, 0.2) is 120 Å². The van der Waals surface area contributed by atoms with Crippen LogP contribution in [0.1, 0.15) is 30.4 Å². The molecule has 250 valence electrons. The van der Waals surface area contributed by atoms with Crippen LogP contribution in [0.3, 0.4) is 0 Å². The number of nitrogens with zero attached hydrogens (tertiary/aromatic N) is 1. The average Bonchev–Trinajstić information content (AvgIpc) is 3.38. The maximum absolute atomic E-state index is 14.0. The van der Waals surface area contributed by atoms with Crippen LogP contribution < -0.4 is 15.1 Å². The van der Waals surface area contributed by atoms with Crippen molar-refractivity contribution in [1.29, 1.82) is 0 Å². The number of benzene rings is 4. The number of allylic oxidation sites excluding steroid dienone is 1. The summed E-state index contributed by atoms with van der Waals surface area (Å²) in [4.78, 5) is 29.0. The van der Waals surface area contributed by atoms with Gasteiger partial charge in [-0.25, -0.2) is 0 Å². The Kier molecular flexibility index (Phi) is 10.4. The number of rotatable bonds is 12. The highest BCUT2D eigenvalue weighted by Crippen LogP contribution is 2.47. The van der Waals surface area contributed by atoms with Crippen molar-refractivity contribution < 1.29 is 39.7 Å². The third kappa shape index (κ3) is 7.23. The van der Waals surface area contributed by atoms with E-state index < -0.39 is 49.4 Å². The van der Waals surface area contributed by atoms with Gasteiger partial charge in [0.15, 0.2) is 0 Å². The molecule has 0 unspecified atom stereocenters. The van der Waals surface area contributed by atoms with Crippen LogP contribution in [-0.2, 0) is 9.59 Å². The number of fused-ring (bicyclic) bond motifs is 1. The van der Waals surface area contributed by atoms with Crippen LogP contribution in [0, 0.1) is 17.8 Å². The minimum absolute atomic E-state index is 0.0447. The number of hydrogen-bond donors (Lipinski definition) is 5. The lowest BCUT2D eigenvalue weighted by Crippen LogP contribution is -2.40. The Labute approximate surface area is 285 Å². The van der Waals surface area contributed by atoms with Crippen molar-refractivity contribution >= 4 is 41.7 Å². The molecule has 0 spiro atoms. The van der Waals surface area contributed by atoms with Crippen LogP contribution >= 0.6 is 0 Å². The third-order valence-corrected chi connectivity index (χ3v) is 9.42. The number of anilines is 1. The van der Waals surface area contributed by atoms with Crippen molar-refractivity contribution in [2.24, 2.45) is 17.8 Å². The number of aliphatic hydroxyl groups excluding tert-OH is 2. The van der Waals surface area contributed by atoms with Gasteiger partial charge in [0.05, 0.1) is 30.2 Å². The summed E-state index contributed by atoms with van der Waals surface area (Å²) in [6, 6.07) is 31.8. The summed E-state index contributed by atoms with van der Waals surface area (Å²) < 4.78 is 6.11. The lowest BCUT2D eigenvalue weighted by atomic mass is 9.68. The summed E-state index contributed by atoms with van der Waals surface area (Å²) in [6.45, 7) is -0.438. The van der Waals surface area contributed by atoms with Crippen molar-refractivity contribution in [1.82, 2.24) is 0 Å². The zero-order valence-corrected chi connectivity index (χ0v) is 26.8. The first-order chi connectivity index (χ1) is 23.8. The van der Waals surface area contributed by atoms with E-state index in [4.69, 9.17) is 4.74 Å². The smallest absolute Gasteiger partial charge is 0.488 e. The van der Waals surface area contributed by atoms with Gasteiger partial charge in [-0.2, -0.15) is 0 Å². The number of hydrogen-bond acceptors (Lipinski definition) is 8. The molecule has 0 aromatic heterocycles. The molecule has 0 radical (unpaired) electrons. The van der Waals surface area contributed by atoms with Gasteiger partial charge in [-0.1, -0.05) is 78.9 Å². The van der Waals surface area contributed by atoms with E-state index in [1.807, 2.05) is 66.7 Å². The SMILES string of the molecule is O=C1[C@@H]2[C@@H](CC(COc3ccccc3)=C([C@H](O)CC/C(=C/c3ccccc3O)c3ccccc3)[C@@H]2CO)C(=O)N1c1cccc(B(O)O)c1. The highest BCUT2D eigenvalue weighted by molar-refractivity contribution is 6.58. The van der Waals surface area contributed by atoms with E-state index in [0.717, 1.165) is 16.0 Å². The molecule has 1 fully saturated rings. The Balaban J connectivity index is 1.34. The summed E-state index contributed by atoms with van der Waals surface area (Å²) in [6.07, 6.45) is 1.57. The molecule has 1 aliphatic carbocycles. The molecule has 9 nitrogen and oxygen atoms in total. The van der Waals surface area contributed by atoms with Crippen LogP contribution in [0.2, 0.25) is 0 Å². The largest absolute Gasteiger partial charge is 0.507 e. The summed E-state index contributed by atoms with van der Waals surface area (Å²) in [5.41, 5.74) is 3.89. The van der Waals surface area contributed by atoms with E-state index >= 15 is 0 Å². The van der Waals surface area contributed by atoms with E-state index in [2.05, 4.69) is 0 Å². The Morgan fingerprint density at radius 2 is 1.59 bits per heavy atom. The number of aliphatic hydroxyl groups is 2. The van der Waals surface area contributed by atoms with Crippen LogP contribution in [-0.4, -0.2) is 63.6 Å². The molecule has 1 heterocycles. The molecule has 4 aromatic rings. The molecule has 2 amide bonds. The van der Waals surface area contributed by atoms with Gasteiger partial charge in [0.1, 0.15) is 18.1 Å². The molecule has 10 heteroatoms. The number of phenols is 1. The number of phenolic OH excluding ortho intramolecular Hbond substituents is 1. The molecule has 1 saturated heterocycles.